The third-order valence-corrected chi connectivity index (χ3v) is 8.32. The van der Waals surface area contributed by atoms with Crippen molar-refractivity contribution in [2.75, 3.05) is 38.2 Å². The fourth-order valence-corrected chi connectivity index (χ4v) is 6.10. The van der Waals surface area contributed by atoms with Crippen molar-refractivity contribution in [1.29, 1.82) is 0 Å². The average molecular weight is 514 g/mol. The number of nitrogens with zero attached hydrogens (tertiary/aromatic N) is 6. The van der Waals surface area contributed by atoms with Gasteiger partial charge >= 0.3 is 0 Å². The van der Waals surface area contributed by atoms with E-state index in [4.69, 9.17) is 4.74 Å². The van der Waals surface area contributed by atoms with Gasteiger partial charge in [-0.15, -0.1) is 5.10 Å². The lowest BCUT2D eigenvalue weighted by molar-refractivity contribution is 0.196. The molecular formula is C29H35N7O2. The van der Waals surface area contributed by atoms with Crippen LogP contribution in [0.25, 0.3) is 10.9 Å². The Morgan fingerprint density at radius 3 is 2.50 bits per heavy atom. The summed E-state index contributed by atoms with van der Waals surface area (Å²) in [5.41, 5.74) is 4.93. The fraction of sp³-hybridized carbons (Fsp3) is 0.448. The van der Waals surface area contributed by atoms with Crippen molar-refractivity contribution >= 4 is 16.6 Å². The summed E-state index contributed by atoms with van der Waals surface area (Å²) in [5.74, 6) is 1.63. The Labute approximate surface area is 222 Å². The molecule has 9 nitrogen and oxygen atoms in total. The van der Waals surface area contributed by atoms with Crippen molar-refractivity contribution in [3.63, 3.8) is 0 Å². The lowest BCUT2D eigenvalue weighted by atomic mass is 10.00. The molecule has 2 aliphatic rings. The predicted molar refractivity (Wildman–Crippen MR) is 148 cm³/mol. The van der Waals surface area contributed by atoms with Crippen molar-refractivity contribution in [2.24, 2.45) is 0 Å². The molecule has 2 fully saturated rings. The van der Waals surface area contributed by atoms with Crippen LogP contribution in [0.15, 0.2) is 47.3 Å². The summed E-state index contributed by atoms with van der Waals surface area (Å²) in [4.78, 5) is 21.5. The van der Waals surface area contributed by atoms with Gasteiger partial charge in [0.1, 0.15) is 11.8 Å². The minimum absolute atomic E-state index is 0.0844. The number of ether oxygens (including phenoxy) is 1. The van der Waals surface area contributed by atoms with E-state index in [2.05, 4.69) is 62.4 Å². The summed E-state index contributed by atoms with van der Waals surface area (Å²) in [6.07, 6.45) is 4.50. The van der Waals surface area contributed by atoms with E-state index in [1.165, 1.54) is 18.4 Å². The number of H-pyrrole nitrogens is 1. The Bertz CT molecular complexity index is 1500. The largest absolute Gasteiger partial charge is 0.495 e. The van der Waals surface area contributed by atoms with E-state index >= 15 is 0 Å². The van der Waals surface area contributed by atoms with Crippen molar-refractivity contribution in [3.05, 3.63) is 75.3 Å². The Morgan fingerprint density at radius 1 is 1.00 bits per heavy atom. The number of aromatic nitrogens is 5. The number of benzene rings is 2. The van der Waals surface area contributed by atoms with Gasteiger partial charge in [0.25, 0.3) is 5.56 Å². The molecule has 1 saturated heterocycles. The van der Waals surface area contributed by atoms with E-state index in [0.29, 0.717) is 5.56 Å². The van der Waals surface area contributed by atoms with Crippen LogP contribution in [0.4, 0.5) is 5.69 Å². The Morgan fingerprint density at radius 2 is 1.74 bits per heavy atom. The molecule has 0 bridgehead atoms. The van der Waals surface area contributed by atoms with Crippen LogP contribution >= 0.6 is 0 Å². The van der Waals surface area contributed by atoms with Crippen LogP contribution in [-0.2, 0) is 0 Å². The summed E-state index contributed by atoms with van der Waals surface area (Å²) in [6, 6.07) is 14.3. The number of hydrogen-bond donors (Lipinski definition) is 1. The SMILES string of the molecule is COc1ccccc1N1CCN([C@@H](c2cc3cc(C)c(C)cc3[nH]c2=O)c2nnnn2C2CCCC2)CC1. The van der Waals surface area contributed by atoms with Gasteiger partial charge in [-0.25, -0.2) is 4.68 Å². The molecule has 0 unspecified atom stereocenters. The van der Waals surface area contributed by atoms with Crippen LogP contribution < -0.4 is 15.2 Å². The molecule has 1 aliphatic carbocycles. The number of hydrogen-bond acceptors (Lipinski definition) is 7. The highest BCUT2D eigenvalue weighted by atomic mass is 16.5. The van der Waals surface area contributed by atoms with Gasteiger partial charge in [-0.05, 0) is 84.0 Å². The number of nitrogens with one attached hydrogen (secondary N) is 1. The van der Waals surface area contributed by atoms with Crippen LogP contribution in [0.1, 0.15) is 60.3 Å². The molecule has 2 aromatic carbocycles. The molecule has 198 valence electrons. The number of tetrazole rings is 1. The van der Waals surface area contributed by atoms with Crippen LogP contribution in [0.3, 0.4) is 0 Å². The van der Waals surface area contributed by atoms with Gasteiger partial charge in [0.15, 0.2) is 5.82 Å². The zero-order valence-electron chi connectivity index (χ0n) is 22.4. The Balaban J connectivity index is 1.40. The van der Waals surface area contributed by atoms with E-state index in [0.717, 1.165) is 72.7 Å². The second-order valence-corrected chi connectivity index (χ2v) is 10.6. The summed E-state index contributed by atoms with van der Waals surface area (Å²) < 4.78 is 7.61. The monoisotopic (exact) mass is 513 g/mol. The molecule has 38 heavy (non-hydrogen) atoms. The zero-order chi connectivity index (χ0) is 26.2. The highest BCUT2D eigenvalue weighted by Gasteiger charge is 2.35. The Kier molecular flexibility index (Phi) is 6.61. The highest BCUT2D eigenvalue weighted by molar-refractivity contribution is 5.81. The molecule has 0 spiro atoms. The first kappa shape index (κ1) is 24.6. The maximum atomic E-state index is 13.6. The average Bonchev–Trinajstić information content (AvgIpc) is 3.63. The zero-order valence-corrected chi connectivity index (χ0v) is 22.4. The first-order chi connectivity index (χ1) is 18.5. The molecule has 1 atom stereocenters. The minimum atomic E-state index is -0.333. The van der Waals surface area contributed by atoms with Crippen LogP contribution in [0.2, 0.25) is 0 Å². The van der Waals surface area contributed by atoms with E-state index in [1.807, 2.05) is 28.9 Å². The Hall–Kier alpha value is -3.72. The standard InChI is InChI=1S/C29H35N7O2/c1-19-16-21-18-23(29(37)30-24(21)17-20(19)2)27(28-31-32-33-36(28)22-8-4-5-9-22)35-14-12-34(13-15-35)25-10-6-7-11-26(25)38-3/h6-7,10-11,16-18,22,27H,4-5,8-9,12-15H2,1-3H3,(H,30,37)/t27-/m0/s1. The number of pyridine rings is 1. The van der Waals surface area contributed by atoms with Gasteiger partial charge in [-0.2, -0.15) is 0 Å². The molecule has 4 aromatic rings. The number of aromatic amines is 1. The maximum absolute atomic E-state index is 13.6. The first-order valence-corrected chi connectivity index (χ1v) is 13.6. The summed E-state index contributed by atoms with van der Waals surface area (Å²) in [5, 5.41) is 14.1. The van der Waals surface area contributed by atoms with Crippen molar-refractivity contribution in [1.82, 2.24) is 30.1 Å². The second kappa shape index (κ2) is 10.2. The van der Waals surface area contributed by atoms with E-state index in [1.54, 1.807) is 7.11 Å². The maximum Gasteiger partial charge on any atom is 0.253 e. The van der Waals surface area contributed by atoms with Crippen molar-refractivity contribution < 1.29 is 4.74 Å². The summed E-state index contributed by atoms with van der Waals surface area (Å²) >= 11 is 0. The molecule has 0 radical (unpaired) electrons. The van der Waals surface area contributed by atoms with Gasteiger partial charge in [0.05, 0.1) is 18.8 Å². The normalized spacial score (nSPS) is 17.8. The van der Waals surface area contributed by atoms with Crippen molar-refractivity contribution in [3.8, 4) is 5.75 Å². The fourth-order valence-electron chi connectivity index (χ4n) is 6.10. The lowest BCUT2D eigenvalue weighted by Gasteiger charge is -2.40. The smallest absolute Gasteiger partial charge is 0.253 e. The van der Waals surface area contributed by atoms with Gasteiger partial charge in [-0.3, -0.25) is 9.69 Å². The second-order valence-electron chi connectivity index (χ2n) is 10.6. The molecule has 9 heteroatoms. The van der Waals surface area contributed by atoms with E-state index < -0.39 is 0 Å². The molecule has 2 aromatic heterocycles. The molecule has 1 N–H and O–H groups in total. The molecule has 1 aliphatic heterocycles. The van der Waals surface area contributed by atoms with Gasteiger partial charge < -0.3 is 14.6 Å². The highest BCUT2D eigenvalue weighted by Crippen LogP contribution is 2.35. The number of methoxy groups -OCH3 is 1. The molecule has 3 heterocycles. The van der Waals surface area contributed by atoms with Gasteiger partial charge in [0.2, 0.25) is 0 Å². The number of rotatable bonds is 6. The predicted octanol–water partition coefficient (Wildman–Crippen LogP) is 4.17. The van der Waals surface area contributed by atoms with Gasteiger partial charge in [0, 0.05) is 37.3 Å². The quantitative estimate of drug-likeness (QED) is 0.414. The number of piperazine rings is 1. The van der Waals surface area contributed by atoms with Crippen LogP contribution in [-0.4, -0.2) is 63.4 Å². The topological polar surface area (TPSA) is 92.2 Å². The van der Waals surface area contributed by atoms with Crippen LogP contribution in [0.5, 0.6) is 5.75 Å². The van der Waals surface area contributed by atoms with Gasteiger partial charge in [-0.1, -0.05) is 25.0 Å². The third kappa shape index (κ3) is 4.45. The molecule has 0 amide bonds. The lowest BCUT2D eigenvalue weighted by Crippen LogP contribution is -2.49. The van der Waals surface area contributed by atoms with Crippen molar-refractivity contribution in [2.45, 2.75) is 51.6 Å². The van der Waals surface area contributed by atoms with E-state index in [-0.39, 0.29) is 17.6 Å². The third-order valence-electron chi connectivity index (χ3n) is 8.32. The molecule has 1 saturated carbocycles. The van der Waals surface area contributed by atoms with E-state index in [9.17, 15) is 4.79 Å². The summed E-state index contributed by atoms with van der Waals surface area (Å²) in [6.45, 7) is 7.34. The number of fused-ring (bicyclic) bond motifs is 1. The van der Waals surface area contributed by atoms with Crippen LogP contribution in [0, 0.1) is 13.8 Å². The number of aryl methyl sites for hydroxylation is 2. The summed E-state index contributed by atoms with van der Waals surface area (Å²) in [7, 11) is 1.71. The number of anilines is 1. The molecule has 6 rings (SSSR count). The minimum Gasteiger partial charge on any atom is -0.495 e. The first-order valence-electron chi connectivity index (χ1n) is 13.6. The molecular weight excluding hydrogens is 478 g/mol. The number of para-hydroxylation sites is 2.